The highest BCUT2D eigenvalue weighted by Gasteiger charge is 2.45. The number of rotatable bonds is 17. The number of hydrogen-bond acceptors (Lipinski definition) is 26. The van der Waals surface area contributed by atoms with E-state index in [4.69, 9.17) is 0 Å². The van der Waals surface area contributed by atoms with Crippen molar-refractivity contribution in [1.29, 1.82) is 0 Å². The van der Waals surface area contributed by atoms with Gasteiger partial charge in [-0.1, -0.05) is 0 Å². The molecule has 7 saturated heterocycles. The van der Waals surface area contributed by atoms with Crippen LogP contribution in [0.15, 0.2) is 0 Å². The summed E-state index contributed by atoms with van der Waals surface area (Å²) in [6, 6.07) is 0. The molecule has 0 aromatic carbocycles. The first kappa shape index (κ1) is 50.9. The molecule has 0 unspecified atom stereocenters. The molecule has 54 heteroatoms. The highest BCUT2D eigenvalue weighted by molar-refractivity contribution is 7.00. The Bertz CT molecular complexity index is 1150. The van der Waals surface area contributed by atoms with Crippen LogP contribution in [0.2, 0.25) is 22.7 Å². The average Bonchev–Trinajstić information content (AvgIpc) is 3.25. The molecule has 0 saturated carbocycles. The Balaban J connectivity index is 0.965. The van der Waals surface area contributed by atoms with Gasteiger partial charge in [-0.25, -0.2) is 0 Å². The van der Waals surface area contributed by atoms with E-state index in [-0.39, 0.29) is 0 Å². The van der Waals surface area contributed by atoms with Gasteiger partial charge in [0.2, 0.25) is 211 Å². The van der Waals surface area contributed by atoms with E-state index in [0.29, 0.717) is 138 Å². The SMILES string of the molecule is [Si]N[Si]1C[Si](N[Si])N[Si](N[Si](C[Si]2N[Si]N[Si]3N([Si]N[Si](C[Si]4N[Si]N[Si]N[Si]5N[Si]N[Si]N45)N[Si]N4[Si]N[Si]N[Si]4)[Si]N[Si]N23)N[Si])N[Si](C[Si]2N[Si]N[Si]N2)N1. The van der Waals surface area contributed by atoms with Gasteiger partial charge in [-0.3, -0.25) is 0 Å². The number of nitrogens with zero attached hydrogens (tertiary/aromatic N) is 4. The molecule has 0 atom stereocenters. The van der Waals surface area contributed by atoms with Gasteiger partial charge in [0.1, 0.15) is 31.2 Å². The smallest absolute Gasteiger partial charge is 0.300 e. The molecular weight excluding hydrogens is 1200 g/mol. The van der Waals surface area contributed by atoms with Crippen LogP contribution in [-0.2, 0) is 0 Å². The highest BCUT2D eigenvalue weighted by atomic mass is 28.5. The van der Waals surface area contributed by atoms with Crippen molar-refractivity contribution < 1.29 is 0 Å². The summed E-state index contributed by atoms with van der Waals surface area (Å²) < 4.78 is 94.2. The largest absolute Gasteiger partial charge is 0.351 e. The van der Waals surface area contributed by atoms with Crippen molar-refractivity contribution in [2.45, 2.75) is 22.7 Å². The molecule has 0 aliphatic carbocycles. The fourth-order valence-electron chi connectivity index (χ4n) is 4.96. The molecule has 7 fully saturated rings. The zero-order valence-electron chi connectivity index (χ0n) is 29.6. The Kier molecular flexibility index (Phi) is 25.0. The molecule has 0 bridgehead atoms. The first-order valence-electron chi connectivity index (χ1n) is 16.5. The second kappa shape index (κ2) is 28.5. The lowest BCUT2D eigenvalue weighted by atomic mass is 11.9. The van der Waals surface area contributed by atoms with E-state index >= 15 is 0 Å². The van der Waals surface area contributed by atoms with Crippen LogP contribution >= 0.6 is 0 Å². The molecule has 7 aliphatic heterocycles. The maximum atomic E-state index is 4.17. The van der Waals surface area contributed by atoms with E-state index in [1.54, 1.807) is 0 Å². The summed E-state index contributed by atoms with van der Waals surface area (Å²) in [5, 5.41) is 0. The Morgan fingerprint density at radius 3 is 2.03 bits per heavy atom. The van der Waals surface area contributed by atoms with Crippen molar-refractivity contribution >= 4 is 270 Å². The van der Waals surface area contributed by atoms with Gasteiger partial charge in [0.15, 0.2) is 0 Å². The Labute approximate surface area is 406 Å². The molecule has 48 radical (unpaired) electrons. The first-order valence-corrected chi connectivity index (χ1v) is 49.5. The van der Waals surface area contributed by atoms with Gasteiger partial charge in [-0.05, 0) is 22.7 Å². The van der Waals surface area contributed by atoms with Crippen LogP contribution < -0.4 is 102 Å². The summed E-state index contributed by atoms with van der Waals surface area (Å²) in [6.07, 6.45) is 0. The maximum Gasteiger partial charge on any atom is 0.300 e. The lowest BCUT2D eigenvalue weighted by molar-refractivity contribution is 0.782. The van der Waals surface area contributed by atoms with Gasteiger partial charge in [0, 0.05) is 0 Å². The fourth-order valence-corrected chi connectivity index (χ4v) is 83.0. The molecule has 7 aliphatic rings. The molecule has 7 rings (SSSR count). The van der Waals surface area contributed by atoms with E-state index in [1.807, 2.05) is 0 Å². The van der Waals surface area contributed by atoms with E-state index in [9.17, 15) is 0 Å². The Morgan fingerprint density at radius 1 is 0.586 bits per heavy atom. The molecule has 288 valence electrons. The third kappa shape index (κ3) is 16.3. The van der Waals surface area contributed by atoms with Gasteiger partial charge in [0.05, 0.1) is 0 Å². The van der Waals surface area contributed by atoms with Crippen LogP contribution in [0.5, 0.6) is 0 Å². The normalized spacial score (nSPS) is 27.5. The highest BCUT2D eigenvalue weighted by Crippen LogP contribution is 2.09. The number of nitrogens with one attached hydrogen (secondary N) is 22. The third-order valence-electron chi connectivity index (χ3n) is 7.45. The average molecular weight is 1230 g/mol. The standard InChI is InChI=1S/C4H30N26Si28/c31-5-48-1-49(6-32)24-56(26-53(23-48)2-51-14-35-8-36-15-51)25-50(7-33)3-55-17-40-20-58-28(43-13-45-30(55)58)47-22-52(21-46-27-41-10-34-11-42-27)4-54-16-37-9-38-18-57-19-39-12-44-29(54)57/h5-26H,1-4H2. The fraction of sp³-hybridized carbons (Fsp3) is 1.00. The predicted octanol–water partition coefficient (Wildman–Crippen LogP) is -21.0. The second-order valence-electron chi connectivity index (χ2n) is 11.3. The molecule has 0 spiro atoms. The van der Waals surface area contributed by atoms with Gasteiger partial charge in [-0.2, -0.15) is 0 Å². The molecule has 0 amide bonds. The van der Waals surface area contributed by atoms with Crippen LogP contribution in [0.3, 0.4) is 0 Å². The van der Waals surface area contributed by atoms with Gasteiger partial charge < -0.3 is 118 Å². The Hall–Kier alpha value is 5.03. The minimum absolute atomic E-state index is 0.553. The molecule has 7 heterocycles. The number of fused-ring (bicyclic) bond motifs is 2. The summed E-state index contributed by atoms with van der Waals surface area (Å²) in [6.45, 7) is 0. The summed E-state index contributed by atoms with van der Waals surface area (Å²) in [7, 11) is 8.29. The molecule has 58 heavy (non-hydrogen) atoms. The first-order chi connectivity index (χ1) is 28.6. The lowest BCUT2D eigenvalue weighted by Crippen LogP contribution is -2.84. The summed E-state index contributed by atoms with van der Waals surface area (Å²) in [5.41, 5.74) is 4.47. The van der Waals surface area contributed by atoms with E-state index in [2.05, 4.69) is 149 Å². The molecule has 0 aromatic heterocycles. The van der Waals surface area contributed by atoms with Gasteiger partial charge in [0.25, 0.3) is 27.8 Å². The molecule has 26 nitrogen and oxygen atoms in total. The van der Waals surface area contributed by atoms with E-state index in [0.717, 1.165) is 22.7 Å². The number of hydrogen-bond donors (Lipinski definition) is 22. The minimum Gasteiger partial charge on any atom is -0.351 e. The predicted molar refractivity (Wildman–Crippen MR) is 257 cm³/mol. The van der Waals surface area contributed by atoms with Crippen molar-refractivity contribution in [2.75, 3.05) is 0 Å². The van der Waals surface area contributed by atoms with Crippen LogP contribution in [0, 0.1) is 0 Å². The van der Waals surface area contributed by atoms with Crippen molar-refractivity contribution in [3.05, 3.63) is 0 Å². The van der Waals surface area contributed by atoms with Crippen LogP contribution in [0.1, 0.15) is 0 Å². The topological polar surface area (TPSA) is 278 Å². The summed E-state index contributed by atoms with van der Waals surface area (Å²) in [4.78, 5) is 0. The maximum absolute atomic E-state index is 4.17. The van der Waals surface area contributed by atoms with Crippen molar-refractivity contribution in [1.82, 2.24) is 118 Å². The molecular formula is C4H30N26Si28. The zero-order valence-corrected chi connectivity index (χ0v) is 57.6. The second-order valence-corrected chi connectivity index (χ2v) is 62.6. The van der Waals surface area contributed by atoms with Crippen molar-refractivity contribution in [3.63, 3.8) is 0 Å². The van der Waals surface area contributed by atoms with Crippen molar-refractivity contribution in [2.24, 2.45) is 0 Å². The summed E-state index contributed by atoms with van der Waals surface area (Å²) in [5.74, 6) is 0. The zero-order chi connectivity index (χ0) is 39.9. The Morgan fingerprint density at radius 2 is 1.24 bits per heavy atom. The lowest BCUT2D eigenvalue weighted by Gasteiger charge is -2.47. The van der Waals surface area contributed by atoms with Crippen LogP contribution in [-0.4, -0.2) is 285 Å². The van der Waals surface area contributed by atoms with Gasteiger partial charge >= 0.3 is 0 Å². The van der Waals surface area contributed by atoms with Gasteiger partial charge in [-0.15, -0.1) is 0 Å². The summed E-state index contributed by atoms with van der Waals surface area (Å²) >= 11 is 0. The van der Waals surface area contributed by atoms with Crippen LogP contribution in [0.25, 0.3) is 0 Å². The minimum atomic E-state index is -1.29. The van der Waals surface area contributed by atoms with E-state index < -0.39 is 101 Å². The van der Waals surface area contributed by atoms with E-state index in [1.165, 1.54) is 0 Å². The quantitative estimate of drug-likeness (QED) is 0.0603. The van der Waals surface area contributed by atoms with Crippen LogP contribution in [0.4, 0.5) is 0 Å². The van der Waals surface area contributed by atoms with Crippen molar-refractivity contribution in [3.8, 4) is 0 Å². The molecule has 0 aromatic rings. The monoisotopic (exact) mass is 1230 g/mol. The third-order valence-corrected chi connectivity index (χ3v) is 67.1. The molecule has 22 N–H and O–H groups in total.